The molecule has 0 atom stereocenters. The van der Waals surface area contributed by atoms with Crippen molar-refractivity contribution in [3.63, 3.8) is 0 Å². The van der Waals surface area contributed by atoms with E-state index < -0.39 is 0 Å². The molecule has 5 heteroatoms. The Balaban J connectivity index is 1.81. The van der Waals surface area contributed by atoms with E-state index in [4.69, 9.17) is 4.74 Å². The van der Waals surface area contributed by atoms with Gasteiger partial charge in [-0.3, -0.25) is 9.78 Å². The molecule has 112 valence electrons. The maximum Gasteiger partial charge on any atom is 0.228 e. The van der Waals surface area contributed by atoms with Crippen LogP contribution in [-0.4, -0.2) is 27.8 Å². The van der Waals surface area contributed by atoms with Gasteiger partial charge in [-0.05, 0) is 30.3 Å². The van der Waals surface area contributed by atoms with Crippen molar-refractivity contribution in [2.45, 2.75) is 0 Å². The summed E-state index contributed by atoms with van der Waals surface area (Å²) in [4.78, 5) is 24.5. The standard InChI is InChI=1S/C18H13N3O2/c1-23-12-8-6-11(7-9-12)17(22)18-20-15-10-19-14-5-3-2-4-13(14)16(15)21-18/h2-10H,1H3,(H,20,21). The molecule has 0 bridgehead atoms. The number of hydrogen-bond donors (Lipinski definition) is 1. The van der Waals surface area contributed by atoms with E-state index in [0.717, 1.165) is 21.9 Å². The third kappa shape index (κ3) is 2.23. The number of para-hydroxylation sites is 1. The zero-order valence-corrected chi connectivity index (χ0v) is 12.4. The number of hydrogen-bond acceptors (Lipinski definition) is 4. The number of H-pyrrole nitrogens is 1. The minimum absolute atomic E-state index is 0.159. The van der Waals surface area contributed by atoms with E-state index in [1.165, 1.54) is 0 Å². The summed E-state index contributed by atoms with van der Waals surface area (Å²) in [5.74, 6) is 0.859. The second-order valence-corrected chi connectivity index (χ2v) is 5.18. The first kappa shape index (κ1) is 13.5. The summed E-state index contributed by atoms with van der Waals surface area (Å²) in [6.07, 6.45) is 1.70. The maximum atomic E-state index is 12.6. The molecule has 5 nitrogen and oxygen atoms in total. The Bertz CT molecular complexity index is 1020. The van der Waals surface area contributed by atoms with E-state index in [2.05, 4.69) is 15.0 Å². The summed E-state index contributed by atoms with van der Waals surface area (Å²) in [7, 11) is 1.59. The molecule has 2 aromatic carbocycles. The molecule has 0 aliphatic heterocycles. The number of carbonyl (C=O) groups is 1. The normalized spacial score (nSPS) is 11.0. The molecule has 1 N–H and O–H groups in total. The summed E-state index contributed by atoms with van der Waals surface area (Å²) >= 11 is 0. The molecule has 4 rings (SSSR count). The topological polar surface area (TPSA) is 67.9 Å². The Kier molecular flexibility index (Phi) is 3.05. The number of nitrogens with zero attached hydrogens (tertiary/aromatic N) is 2. The van der Waals surface area contributed by atoms with Gasteiger partial charge in [0.25, 0.3) is 0 Å². The Morgan fingerprint density at radius 3 is 2.65 bits per heavy atom. The number of rotatable bonds is 3. The zero-order chi connectivity index (χ0) is 15.8. The van der Waals surface area contributed by atoms with Crippen LogP contribution in [0, 0.1) is 0 Å². The van der Waals surface area contributed by atoms with Gasteiger partial charge in [0.1, 0.15) is 11.3 Å². The van der Waals surface area contributed by atoms with Crippen LogP contribution in [0.25, 0.3) is 21.9 Å². The van der Waals surface area contributed by atoms with E-state index in [-0.39, 0.29) is 5.78 Å². The fourth-order valence-corrected chi connectivity index (χ4v) is 2.59. The number of pyridine rings is 1. The van der Waals surface area contributed by atoms with Crippen LogP contribution in [0.15, 0.2) is 54.7 Å². The van der Waals surface area contributed by atoms with Crippen molar-refractivity contribution in [1.82, 2.24) is 15.0 Å². The molecule has 0 saturated carbocycles. The van der Waals surface area contributed by atoms with Gasteiger partial charge in [-0.1, -0.05) is 18.2 Å². The minimum Gasteiger partial charge on any atom is -0.497 e. The lowest BCUT2D eigenvalue weighted by Crippen LogP contribution is -2.03. The van der Waals surface area contributed by atoms with Crippen molar-refractivity contribution in [1.29, 1.82) is 0 Å². The number of nitrogens with one attached hydrogen (secondary N) is 1. The van der Waals surface area contributed by atoms with Crippen LogP contribution in [0.2, 0.25) is 0 Å². The molecule has 0 amide bonds. The lowest BCUT2D eigenvalue weighted by Gasteiger charge is -2.00. The van der Waals surface area contributed by atoms with Gasteiger partial charge in [-0.2, -0.15) is 0 Å². The average molecular weight is 303 g/mol. The number of carbonyl (C=O) groups excluding carboxylic acids is 1. The van der Waals surface area contributed by atoms with Crippen LogP contribution < -0.4 is 4.74 Å². The number of ether oxygens (including phenoxy) is 1. The van der Waals surface area contributed by atoms with Crippen LogP contribution in [0.3, 0.4) is 0 Å². The summed E-state index contributed by atoms with van der Waals surface area (Å²) in [6, 6.07) is 14.7. The highest BCUT2D eigenvalue weighted by Crippen LogP contribution is 2.22. The van der Waals surface area contributed by atoms with Crippen molar-refractivity contribution in [3.8, 4) is 5.75 Å². The first-order valence-corrected chi connectivity index (χ1v) is 7.18. The van der Waals surface area contributed by atoms with Gasteiger partial charge in [0.2, 0.25) is 5.78 Å². The minimum atomic E-state index is -0.159. The van der Waals surface area contributed by atoms with E-state index in [0.29, 0.717) is 17.1 Å². The Morgan fingerprint density at radius 1 is 1.09 bits per heavy atom. The third-order valence-corrected chi connectivity index (χ3v) is 3.79. The van der Waals surface area contributed by atoms with Crippen molar-refractivity contribution in [2.24, 2.45) is 0 Å². The largest absolute Gasteiger partial charge is 0.497 e. The number of fused-ring (bicyclic) bond motifs is 3. The zero-order valence-electron chi connectivity index (χ0n) is 12.4. The predicted molar refractivity (Wildman–Crippen MR) is 87.8 cm³/mol. The van der Waals surface area contributed by atoms with Gasteiger partial charge in [-0.15, -0.1) is 0 Å². The molecule has 0 aliphatic carbocycles. The molecule has 0 fully saturated rings. The second-order valence-electron chi connectivity index (χ2n) is 5.18. The molecule has 2 heterocycles. The van der Waals surface area contributed by atoms with Gasteiger partial charge in [0, 0.05) is 10.9 Å². The number of aromatic nitrogens is 3. The first-order valence-electron chi connectivity index (χ1n) is 7.18. The Morgan fingerprint density at radius 2 is 1.87 bits per heavy atom. The fraction of sp³-hybridized carbons (Fsp3) is 0.0556. The number of ketones is 1. The lowest BCUT2D eigenvalue weighted by atomic mass is 10.1. The molecule has 0 unspecified atom stereocenters. The van der Waals surface area contributed by atoms with Crippen molar-refractivity contribution in [2.75, 3.05) is 7.11 Å². The van der Waals surface area contributed by atoms with Crippen molar-refractivity contribution >= 4 is 27.7 Å². The van der Waals surface area contributed by atoms with Gasteiger partial charge in [0.15, 0.2) is 5.82 Å². The number of aromatic amines is 1. The smallest absolute Gasteiger partial charge is 0.228 e. The van der Waals surface area contributed by atoms with Crippen molar-refractivity contribution in [3.05, 3.63) is 66.1 Å². The quantitative estimate of drug-likeness (QED) is 0.589. The van der Waals surface area contributed by atoms with Crippen LogP contribution in [0.1, 0.15) is 16.2 Å². The average Bonchev–Trinajstić information content (AvgIpc) is 3.06. The van der Waals surface area contributed by atoms with E-state index in [1.807, 2.05) is 24.3 Å². The molecule has 2 aromatic heterocycles. The van der Waals surface area contributed by atoms with E-state index in [1.54, 1.807) is 37.6 Å². The van der Waals surface area contributed by atoms with E-state index in [9.17, 15) is 4.79 Å². The van der Waals surface area contributed by atoms with Gasteiger partial charge in [-0.25, -0.2) is 4.98 Å². The highest BCUT2D eigenvalue weighted by molar-refractivity contribution is 6.10. The second kappa shape index (κ2) is 5.21. The lowest BCUT2D eigenvalue weighted by molar-refractivity contribution is 0.103. The van der Waals surface area contributed by atoms with E-state index >= 15 is 0 Å². The monoisotopic (exact) mass is 303 g/mol. The maximum absolute atomic E-state index is 12.6. The number of benzene rings is 2. The molecule has 4 aromatic rings. The molecule has 0 saturated heterocycles. The van der Waals surface area contributed by atoms with Crippen LogP contribution in [0.4, 0.5) is 0 Å². The number of methoxy groups -OCH3 is 1. The first-order chi connectivity index (χ1) is 11.3. The summed E-state index contributed by atoms with van der Waals surface area (Å²) < 4.78 is 5.11. The predicted octanol–water partition coefficient (Wildman–Crippen LogP) is 3.35. The van der Waals surface area contributed by atoms with Gasteiger partial charge in [0.05, 0.1) is 24.3 Å². The van der Waals surface area contributed by atoms with Crippen molar-refractivity contribution < 1.29 is 9.53 Å². The fourth-order valence-electron chi connectivity index (χ4n) is 2.59. The molecule has 0 radical (unpaired) electrons. The Hall–Kier alpha value is -3.21. The summed E-state index contributed by atoms with van der Waals surface area (Å²) in [5.41, 5.74) is 2.92. The molecule has 23 heavy (non-hydrogen) atoms. The third-order valence-electron chi connectivity index (χ3n) is 3.79. The van der Waals surface area contributed by atoms with Gasteiger partial charge < -0.3 is 9.72 Å². The highest BCUT2D eigenvalue weighted by Gasteiger charge is 2.15. The molecular weight excluding hydrogens is 290 g/mol. The van der Waals surface area contributed by atoms with Crippen LogP contribution in [-0.2, 0) is 0 Å². The summed E-state index contributed by atoms with van der Waals surface area (Å²) in [6.45, 7) is 0. The van der Waals surface area contributed by atoms with Gasteiger partial charge >= 0.3 is 0 Å². The molecule has 0 spiro atoms. The molecule has 0 aliphatic rings. The SMILES string of the molecule is COc1ccc(C(=O)c2nc3c(cnc4ccccc43)[nH]2)cc1. The number of imidazole rings is 1. The molecular formula is C18H13N3O2. The van der Waals surface area contributed by atoms with Crippen LogP contribution >= 0.6 is 0 Å². The Labute approximate surface area is 132 Å². The van der Waals surface area contributed by atoms with Crippen LogP contribution in [0.5, 0.6) is 5.75 Å². The highest BCUT2D eigenvalue weighted by atomic mass is 16.5. The summed E-state index contributed by atoms with van der Waals surface area (Å²) in [5, 5.41) is 0.926.